The molecule has 5 heteroatoms. The molecule has 0 spiro atoms. The number of carbonyl (C=O) groups is 1. The van der Waals surface area contributed by atoms with Crippen molar-refractivity contribution in [3.8, 4) is 0 Å². The number of benzene rings is 1. The molecule has 1 amide bonds. The summed E-state index contributed by atoms with van der Waals surface area (Å²) in [5.74, 6) is 0.149. The first kappa shape index (κ1) is 14.8. The highest BCUT2D eigenvalue weighted by atomic mass is 79.9. The topological polar surface area (TPSA) is 23.6 Å². The fourth-order valence-corrected chi connectivity index (χ4v) is 3.69. The van der Waals surface area contributed by atoms with E-state index in [1.165, 1.54) is 5.56 Å². The van der Waals surface area contributed by atoms with Crippen molar-refractivity contribution in [2.45, 2.75) is 6.54 Å². The van der Waals surface area contributed by atoms with Crippen LogP contribution in [0.2, 0.25) is 0 Å². The van der Waals surface area contributed by atoms with E-state index in [-0.39, 0.29) is 5.91 Å². The summed E-state index contributed by atoms with van der Waals surface area (Å²) in [5, 5.41) is 1.92. The third-order valence-electron chi connectivity index (χ3n) is 3.72. The number of amides is 1. The first-order valence-electron chi connectivity index (χ1n) is 7.02. The first-order valence-corrected chi connectivity index (χ1v) is 8.69. The average molecular weight is 365 g/mol. The van der Waals surface area contributed by atoms with Crippen LogP contribution in [0.15, 0.2) is 45.6 Å². The minimum Gasteiger partial charge on any atom is -0.336 e. The lowest BCUT2D eigenvalue weighted by Crippen LogP contribution is -2.48. The number of hydrogen-bond acceptors (Lipinski definition) is 3. The van der Waals surface area contributed by atoms with Gasteiger partial charge >= 0.3 is 0 Å². The predicted octanol–water partition coefficient (Wildman–Crippen LogP) is 3.47. The van der Waals surface area contributed by atoms with Crippen molar-refractivity contribution >= 4 is 33.2 Å². The second kappa shape index (κ2) is 6.73. The Labute approximate surface area is 137 Å². The van der Waals surface area contributed by atoms with Gasteiger partial charge in [0.05, 0.1) is 9.35 Å². The summed E-state index contributed by atoms with van der Waals surface area (Å²) in [4.78, 5) is 16.7. The lowest BCUT2D eigenvalue weighted by atomic mass is 10.2. The third kappa shape index (κ3) is 3.73. The van der Waals surface area contributed by atoms with Gasteiger partial charge in [0.15, 0.2) is 0 Å². The Morgan fingerprint density at radius 2 is 1.86 bits per heavy atom. The van der Waals surface area contributed by atoms with Crippen molar-refractivity contribution in [1.82, 2.24) is 9.80 Å². The van der Waals surface area contributed by atoms with Gasteiger partial charge in [-0.2, -0.15) is 0 Å². The normalized spacial score (nSPS) is 16.1. The van der Waals surface area contributed by atoms with Crippen LogP contribution in [0, 0.1) is 0 Å². The van der Waals surface area contributed by atoms with Crippen LogP contribution in [0.3, 0.4) is 0 Å². The SMILES string of the molecule is O=C(c1csc(Br)c1)N1CCN(Cc2ccccc2)CC1. The van der Waals surface area contributed by atoms with Gasteiger partial charge in [-0.3, -0.25) is 9.69 Å². The van der Waals surface area contributed by atoms with Crippen LogP contribution >= 0.6 is 27.3 Å². The summed E-state index contributed by atoms with van der Waals surface area (Å²) in [6.07, 6.45) is 0. The standard InChI is InChI=1S/C16H17BrN2OS/c17-15-10-14(12-21-15)16(20)19-8-6-18(7-9-19)11-13-4-2-1-3-5-13/h1-5,10,12H,6-9,11H2. The Bertz CT molecular complexity index is 606. The molecule has 1 aliphatic heterocycles. The van der Waals surface area contributed by atoms with Crippen molar-refractivity contribution in [1.29, 1.82) is 0 Å². The van der Waals surface area contributed by atoms with E-state index in [4.69, 9.17) is 0 Å². The molecule has 2 heterocycles. The summed E-state index contributed by atoms with van der Waals surface area (Å²) in [7, 11) is 0. The van der Waals surface area contributed by atoms with Crippen molar-refractivity contribution in [2.24, 2.45) is 0 Å². The molecule has 1 saturated heterocycles. The number of halogens is 1. The Morgan fingerprint density at radius 3 is 2.48 bits per heavy atom. The van der Waals surface area contributed by atoms with Crippen molar-refractivity contribution in [3.05, 3.63) is 56.7 Å². The summed E-state index contributed by atoms with van der Waals surface area (Å²) in [6, 6.07) is 12.4. The molecule has 1 aliphatic rings. The highest BCUT2D eigenvalue weighted by Gasteiger charge is 2.22. The number of carbonyl (C=O) groups excluding carboxylic acids is 1. The molecular weight excluding hydrogens is 348 g/mol. The molecule has 2 aromatic rings. The highest BCUT2D eigenvalue weighted by Crippen LogP contribution is 2.22. The molecule has 110 valence electrons. The van der Waals surface area contributed by atoms with Gasteiger partial charge in [0.25, 0.3) is 5.91 Å². The van der Waals surface area contributed by atoms with E-state index in [1.807, 2.05) is 22.4 Å². The van der Waals surface area contributed by atoms with E-state index in [2.05, 4.69) is 45.1 Å². The molecule has 3 nitrogen and oxygen atoms in total. The Morgan fingerprint density at radius 1 is 1.14 bits per heavy atom. The minimum atomic E-state index is 0.149. The maximum Gasteiger partial charge on any atom is 0.254 e. The van der Waals surface area contributed by atoms with Gasteiger partial charge in [0, 0.05) is 38.1 Å². The second-order valence-electron chi connectivity index (χ2n) is 5.19. The summed E-state index contributed by atoms with van der Waals surface area (Å²) in [6.45, 7) is 4.45. The van der Waals surface area contributed by atoms with Crippen LogP contribution in [0.25, 0.3) is 0 Å². The van der Waals surface area contributed by atoms with Gasteiger partial charge in [-0.15, -0.1) is 11.3 Å². The highest BCUT2D eigenvalue weighted by molar-refractivity contribution is 9.11. The molecule has 0 N–H and O–H groups in total. The molecule has 21 heavy (non-hydrogen) atoms. The van der Waals surface area contributed by atoms with Gasteiger partial charge in [0.1, 0.15) is 0 Å². The van der Waals surface area contributed by atoms with Gasteiger partial charge in [-0.25, -0.2) is 0 Å². The molecule has 0 radical (unpaired) electrons. The lowest BCUT2D eigenvalue weighted by Gasteiger charge is -2.34. The van der Waals surface area contributed by atoms with Crippen LogP contribution < -0.4 is 0 Å². The van der Waals surface area contributed by atoms with E-state index in [0.717, 1.165) is 42.1 Å². The zero-order valence-electron chi connectivity index (χ0n) is 11.7. The molecule has 0 saturated carbocycles. The van der Waals surface area contributed by atoms with E-state index >= 15 is 0 Å². The minimum absolute atomic E-state index is 0.149. The lowest BCUT2D eigenvalue weighted by molar-refractivity contribution is 0.0629. The first-order chi connectivity index (χ1) is 10.2. The van der Waals surface area contributed by atoms with E-state index in [9.17, 15) is 4.79 Å². The summed E-state index contributed by atoms with van der Waals surface area (Å²) in [5.41, 5.74) is 2.13. The third-order valence-corrected chi connectivity index (χ3v) is 5.23. The van der Waals surface area contributed by atoms with Crippen molar-refractivity contribution in [3.63, 3.8) is 0 Å². The zero-order valence-corrected chi connectivity index (χ0v) is 14.1. The maximum atomic E-state index is 12.4. The fraction of sp³-hybridized carbons (Fsp3) is 0.312. The molecule has 0 atom stereocenters. The fourth-order valence-electron chi connectivity index (χ4n) is 2.56. The van der Waals surface area contributed by atoms with Gasteiger partial charge in [0.2, 0.25) is 0 Å². The van der Waals surface area contributed by atoms with E-state index < -0.39 is 0 Å². The molecule has 0 aliphatic carbocycles. The molecule has 0 bridgehead atoms. The number of piperazine rings is 1. The van der Waals surface area contributed by atoms with Gasteiger partial charge < -0.3 is 4.90 Å². The van der Waals surface area contributed by atoms with Crippen LogP contribution in [-0.2, 0) is 6.54 Å². The number of thiophene rings is 1. The molecule has 1 aromatic carbocycles. The average Bonchev–Trinajstić information content (AvgIpc) is 2.95. The quantitative estimate of drug-likeness (QED) is 0.832. The van der Waals surface area contributed by atoms with Crippen molar-refractivity contribution in [2.75, 3.05) is 26.2 Å². The molecule has 1 aromatic heterocycles. The number of hydrogen-bond donors (Lipinski definition) is 0. The van der Waals surface area contributed by atoms with Gasteiger partial charge in [-0.05, 0) is 27.6 Å². The van der Waals surface area contributed by atoms with Crippen LogP contribution in [0.5, 0.6) is 0 Å². The van der Waals surface area contributed by atoms with Crippen molar-refractivity contribution < 1.29 is 4.79 Å². The largest absolute Gasteiger partial charge is 0.336 e. The Kier molecular flexibility index (Phi) is 4.73. The van der Waals surface area contributed by atoms with Crippen LogP contribution in [-0.4, -0.2) is 41.9 Å². The van der Waals surface area contributed by atoms with E-state index in [0.29, 0.717) is 0 Å². The Balaban J connectivity index is 1.54. The summed E-state index contributed by atoms with van der Waals surface area (Å²) >= 11 is 4.97. The van der Waals surface area contributed by atoms with E-state index in [1.54, 1.807) is 11.3 Å². The zero-order chi connectivity index (χ0) is 14.7. The molecule has 1 fully saturated rings. The number of nitrogens with zero attached hydrogens (tertiary/aromatic N) is 2. The molecular formula is C16H17BrN2OS. The van der Waals surface area contributed by atoms with Crippen LogP contribution in [0.1, 0.15) is 15.9 Å². The predicted molar refractivity (Wildman–Crippen MR) is 89.6 cm³/mol. The number of rotatable bonds is 3. The Hall–Kier alpha value is -1.17. The van der Waals surface area contributed by atoms with Crippen LogP contribution in [0.4, 0.5) is 0 Å². The summed E-state index contributed by atoms with van der Waals surface area (Å²) < 4.78 is 1.01. The smallest absolute Gasteiger partial charge is 0.254 e. The monoisotopic (exact) mass is 364 g/mol. The maximum absolute atomic E-state index is 12.4. The second-order valence-corrected chi connectivity index (χ2v) is 7.48. The van der Waals surface area contributed by atoms with Gasteiger partial charge in [-0.1, -0.05) is 30.3 Å². The molecule has 0 unspecified atom stereocenters. The molecule has 3 rings (SSSR count).